The minimum Gasteiger partial charge on any atom is -0.481 e. The van der Waals surface area contributed by atoms with Gasteiger partial charge >= 0.3 is 5.97 Å². The molecular formula is C48H82O17. The first-order chi connectivity index (χ1) is 30.5. The highest BCUT2D eigenvalue weighted by molar-refractivity contribution is 5.70. The summed E-state index contributed by atoms with van der Waals surface area (Å²) in [6.45, 7) is 18.6. The van der Waals surface area contributed by atoms with Gasteiger partial charge in [0.25, 0.3) is 0 Å². The van der Waals surface area contributed by atoms with Gasteiger partial charge in [-0.3, -0.25) is 4.79 Å². The average Bonchev–Trinajstić information content (AvgIpc) is 4.00. The monoisotopic (exact) mass is 931 g/mol. The Balaban J connectivity index is 1.04. The van der Waals surface area contributed by atoms with E-state index in [0.717, 1.165) is 25.7 Å². The van der Waals surface area contributed by atoms with Crippen LogP contribution in [-0.4, -0.2) is 169 Å². The molecule has 7 saturated heterocycles. The van der Waals surface area contributed by atoms with Crippen LogP contribution in [0.25, 0.3) is 0 Å². The number of ether oxygens (including phenoxy) is 12. The Morgan fingerprint density at radius 1 is 0.738 bits per heavy atom. The van der Waals surface area contributed by atoms with E-state index in [4.69, 9.17) is 56.8 Å². The minimum atomic E-state index is -2.09. The normalized spacial score (nSPS) is 54.6. The van der Waals surface area contributed by atoms with Gasteiger partial charge in [-0.05, 0) is 66.7 Å². The van der Waals surface area contributed by atoms with Crippen LogP contribution in [0.3, 0.4) is 0 Å². The van der Waals surface area contributed by atoms with Gasteiger partial charge in [0.05, 0.1) is 79.4 Å². The number of hydrogen-bond donors (Lipinski definition) is 4. The lowest BCUT2D eigenvalue weighted by Crippen LogP contribution is -2.70. The predicted molar refractivity (Wildman–Crippen MR) is 232 cm³/mol. The third-order valence-corrected chi connectivity index (χ3v) is 17.7. The van der Waals surface area contributed by atoms with Gasteiger partial charge in [0.15, 0.2) is 23.7 Å². The van der Waals surface area contributed by atoms with E-state index in [0.29, 0.717) is 12.8 Å². The van der Waals surface area contributed by atoms with Gasteiger partial charge in [-0.2, -0.15) is 0 Å². The van der Waals surface area contributed by atoms with Crippen molar-refractivity contribution in [3.05, 3.63) is 0 Å². The Kier molecular flexibility index (Phi) is 15.3. The number of methoxy groups -OCH3 is 4. The molecule has 376 valence electrons. The topological polar surface area (TPSA) is 209 Å². The van der Waals surface area contributed by atoms with Gasteiger partial charge < -0.3 is 77.3 Å². The van der Waals surface area contributed by atoms with E-state index < -0.39 is 101 Å². The fraction of sp³-hybridized carbons (Fsp3) is 0.979. The first-order valence-corrected chi connectivity index (χ1v) is 24.3. The summed E-state index contributed by atoms with van der Waals surface area (Å²) in [5.74, 6) is -9.33. The van der Waals surface area contributed by atoms with E-state index in [-0.39, 0.29) is 67.2 Å². The highest BCUT2D eigenvalue weighted by Gasteiger charge is 2.69. The maximum absolute atomic E-state index is 12.3. The van der Waals surface area contributed by atoms with Crippen LogP contribution < -0.4 is 0 Å². The van der Waals surface area contributed by atoms with Gasteiger partial charge in [0, 0.05) is 77.3 Å². The highest BCUT2D eigenvalue weighted by atomic mass is 16.7. The predicted octanol–water partition coefficient (Wildman–Crippen LogP) is 4.56. The standard InChI is InChI=1S/C48H82O17/c1-23-39(61-38-20-18-32(54-11)29(7)58-38)25(3)46(10,52)64-40(23)35-16-15-33(59-35)34-17-19-36(60-34)45(9)42(56-13)27(5)48(65-45)24(2)31(49)21-30(62-48)22-37-44(8,57-14)41(55-12)26(4)47(53,63-37)28(6)43(50)51/h23-42,49,52-53H,15-22H2,1-14H3,(H,50,51). The summed E-state index contributed by atoms with van der Waals surface area (Å²) >= 11 is 0. The van der Waals surface area contributed by atoms with Gasteiger partial charge in [-0.15, -0.1) is 0 Å². The molecule has 7 aliphatic heterocycles. The zero-order valence-corrected chi connectivity index (χ0v) is 41.3. The van der Waals surface area contributed by atoms with E-state index in [9.17, 15) is 25.2 Å². The van der Waals surface area contributed by atoms with Crippen LogP contribution in [0.4, 0.5) is 0 Å². The van der Waals surface area contributed by atoms with Gasteiger partial charge in [-0.1, -0.05) is 34.6 Å². The van der Waals surface area contributed by atoms with Crippen molar-refractivity contribution in [2.45, 2.75) is 235 Å². The first-order valence-electron chi connectivity index (χ1n) is 24.3. The average molecular weight is 931 g/mol. The maximum atomic E-state index is 12.3. The second-order valence-corrected chi connectivity index (χ2v) is 21.3. The van der Waals surface area contributed by atoms with Crippen LogP contribution in [0.15, 0.2) is 0 Å². The van der Waals surface area contributed by atoms with Crippen LogP contribution in [0, 0.1) is 35.5 Å². The van der Waals surface area contributed by atoms with Gasteiger partial charge in [0.2, 0.25) is 0 Å². The zero-order chi connectivity index (χ0) is 47.8. The second kappa shape index (κ2) is 19.2. The Morgan fingerprint density at radius 3 is 2.00 bits per heavy atom. The summed E-state index contributed by atoms with van der Waals surface area (Å²) in [4.78, 5) is 12.3. The lowest BCUT2D eigenvalue weighted by Gasteiger charge is -2.56. The number of hydrogen-bond acceptors (Lipinski definition) is 16. The largest absolute Gasteiger partial charge is 0.481 e. The molecule has 25 unspecified atom stereocenters. The molecule has 17 nitrogen and oxygen atoms in total. The molecule has 1 spiro atoms. The first kappa shape index (κ1) is 51.7. The molecule has 25 atom stereocenters. The van der Waals surface area contributed by atoms with Crippen molar-refractivity contribution < 1.29 is 82.1 Å². The Hall–Kier alpha value is -1.13. The summed E-state index contributed by atoms with van der Waals surface area (Å²) in [6, 6.07) is 0. The number of aliphatic hydroxyl groups excluding tert-OH is 1. The van der Waals surface area contributed by atoms with Crippen molar-refractivity contribution in [3.63, 3.8) is 0 Å². The van der Waals surface area contributed by atoms with Crippen LogP contribution in [0.2, 0.25) is 0 Å². The number of carboxylic acids is 1. The lowest BCUT2D eigenvalue weighted by atomic mass is 9.71. The van der Waals surface area contributed by atoms with Crippen molar-refractivity contribution >= 4 is 5.97 Å². The van der Waals surface area contributed by atoms with Crippen molar-refractivity contribution in [1.82, 2.24) is 0 Å². The fourth-order valence-electron chi connectivity index (χ4n) is 13.2. The van der Waals surface area contributed by atoms with E-state index in [2.05, 4.69) is 6.92 Å². The second-order valence-electron chi connectivity index (χ2n) is 21.3. The van der Waals surface area contributed by atoms with Crippen LogP contribution in [0.1, 0.15) is 121 Å². The van der Waals surface area contributed by atoms with Crippen molar-refractivity contribution in [2.24, 2.45) is 35.5 Å². The molecule has 0 aliphatic carbocycles. The molecule has 7 rings (SSSR count). The molecule has 4 N–H and O–H groups in total. The number of carboxylic acid groups (broad SMARTS) is 1. The van der Waals surface area contributed by atoms with Crippen molar-refractivity contribution in [3.8, 4) is 0 Å². The highest BCUT2D eigenvalue weighted by Crippen LogP contribution is 2.57. The molecule has 7 fully saturated rings. The van der Waals surface area contributed by atoms with E-state index in [1.54, 1.807) is 28.1 Å². The molecule has 7 heterocycles. The number of aliphatic carboxylic acids is 1. The number of carbonyl (C=O) groups is 1. The smallest absolute Gasteiger partial charge is 0.311 e. The number of rotatable bonds is 13. The fourth-order valence-corrected chi connectivity index (χ4v) is 13.2. The van der Waals surface area contributed by atoms with E-state index in [1.807, 2.05) is 41.5 Å². The third-order valence-electron chi connectivity index (χ3n) is 17.7. The van der Waals surface area contributed by atoms with E-state index >= 15 is 0 Å². The molecule has 65 heavy (non-hydrogen) atoms. The molecule has 0 aromatic carbocycles. The summed E-state index contributed by atoms with van der Waals surface area (Å²) in [6.07, 6.45) is -1.18. The quantitative estimate of drug-likeness (QED) is 0.200. The molecule has 0 radical (unpaired) electrons. The molecular weight excluding hydrogens is 849 g/mol. The van der Waals surface area contributed by atoms with E-state index in [1.165, 1.54) is 21.1 Å². The Bertz CT molecular complexity index is 1640. The maximum Gasteiger partial charge on any atom is 0.311 e. The SMILES string of the molecule is COC1CCC(OC2C(C)C(C3CCC(C4CCC(C5(C)OC6(OC(CC7OC(O)(C(C)C(=O)O)C(C)C(OC)C7(C)OC)CC(O)C6C)C(C)C5OC)O4)O3)OC(C)(O)C2C)OC1C. The van der Waals surface area contributed by atoms with Gasteiger partial charge in [0.1, 0.15) is 17.1 Å². The van der Waals surface area contributed by atoms with Crippen LogP contribution in [0.5, 0.6) is 0 Å². The molecule has 0 amide bonds. The Morgan fingerprint density at radius 2 is 1.38 bits per heavy atom. The molecule has 0 saturated carbocycles. The van der Waals surface area contributed by atoms with Crippen molar-refractivity contribution in [1.29, 1.82) is 0 Å². The summed E-state index contributed by atoms with van der Waals surface area (Å²) < 4.78 is 77.6. The summed E-state index contributed by atoms with van der Waals surface area (Å²) in [5.41, 5.74) is -2.11. The molecule has 7 aliphatic rings. The lowest BCUT2D eigenvalue weighted by molar-refractivity contribution is -0.384. The zero-order valence-electron chi connectivity index (χ0n) is 41.3. The molecule has 0 bridgehead atoms. The van der Waals surface area contributed by atoms with Gasteiger partial charge in [-0.25, -0.2) is 0 Å². The number of aliphatic hydroxyl groups is 3. The minimum absolute atomic E-state index is 0.0198. The van der Waals surface area contributed by atoms with Crippen molar-refractivity contribution in [2.75, 3.05) is 28.4 Å². The molecule has 0 aromatic heterocycles. The molecule has 17 heteroatoms. The summed E-state index contributed by atoms with van der Waals surface area (Å²) in [7, 11) is 6.40. The third kappa shape index (κ3) is 8.89. The summed E-state index contributed by atoms with van der Waals surface area (Å²) in [5, 5.41) is 45.3. The molecule has 0 aromatic rings. The Labute approximate surface area is 386 Å². The van der Waals surface area contributed by atoms with Crippen LogP contribution in [-0.2, 0) is 61.6 Å². The van der Waals surface area contributed by atoms with Crippen LogP contribution >= 0.6 is 0 Å².